The lowest BCUT2D eigenvalue weighted by Crippen LogP contribution is -2.58. The van der Waals surface area contributed by atoms with Crippen molar-refractivity contribution in [2.75, 3.05) is 177 Å². The van der Waals surface area contributed by atoms with Crippen molar-refractivity contribution in [3.05, 3.63) is 103 Å². The molecular weight excluding hydrogens is 1710 g/mol. The van der Waals surface area contributed by atoms with E-state index < -0.39 is 112 Å². The van der Waals surface area contributed by atoms with Gasteiger partial charge in [0.1, 0.15) is 42.8 Å². The quantitative estimate of drug-likeness (QED) is 0.0112. The zero-order valence-electron chi connectivity index (χ0n) is 74.9. The Labute approximate surface area is 752 Å². The van der Waals surface area contributed by atoms with Crippen LogP contribution in [-0.4, -0.2) is 295 Å². The highest BCUT2D eigenvalue weighted by molar-refractivity contribution is 5.99. The van der Waals surface area contributed by atoms with Crippen LogP contribution < -0.4 is 48.5 Å². The number of benzene rings is 2. The van der Waals surface area contributed by atoms with E-state index in [1.54, 1.807) is 78.8 Å². The largest absolute Gasteiger partial charge is 0.481 e. The predicted molar refractivity (Wildman–Crippen MR) is 461 cm³/mol. The highest BCUT2D eigenvalue weighted by Gasteiger charge is 2.46. The Kier molecular flexibility index (Phi) is 44.3. The Morgan fingerprint density at radius 2 is 1.18 bits per heavy atom. The highest BCUT2D eigenvalue weighted by atomic mass is 19.1. The molecule has 2 aliphatic heterocycles. The Morgan fingerprint density at radius 1 is 0.646 bits per heavy atom. The van der Waals surface area contributed by atoms with E-state index in [9.17, 15) is 57.8 Å². The highest BCUT2D eigenvalue weighted by Crippen LogP contribution is 2.46. The van der Waals surface area contributed by atoms with E-state index in [0.717, 1.165) is 0 Å². The van der Waals surface area contributed by atoms with E-state index in [1.807, 2.05) is 0 Å². The number of halogens is 1. The number of ether oxygens (including phenoxy) is 15. The number of unbranched alkanes of at least 4 members (excludes halogenated alkanes) is 1. The Balaban J connectivity index is 0.630. The van der Waals surface area contributed by atoms with E-state index in [-0.39, 0.29) is 114 Å². The van der Waals surface area contributed by atoms with Crippen molar-refractivity contribution < 1.29 is 139 Å². The van der Waals surface area contributed by atoms with Crippen LogP contribution in [0.4, 0.5) is 24.5 Å². The first-order chi connectivity index (χ1) is 62.5. The summed E-state index contributed by atoms with van der Waals surface area (Å²) in [6, 6.07) is 4.13. The minimum absolute atomic E-state index is 0.00662. The maximum atomic E-state index is 15.6. The lowest BCUT2D eigenvalue weighted by molar-refractivity contribution is -0.172. The molecule has 0 unspecified atom stereocenters. The summed E-state index contributed by atoms with van der Waals surface area (Å²) < 4.78 is 101. The van der Waals surface area contributed by atoms with Gasteiger partial charge in [-0.05, 0) is 125 Å². The standard InChI is InChI=1S/C87H126FN13O29/c1-8-87(115)64-49-70-75-62(52-101(70)79(106)63(64)54-128-82(87)111)73-66(19-18-60-56(4)65(88)50-69(93-75)72(60)73)95-84(113)129-53-57-14-16-58(17-15-57)92-76(103)67(13-11-22-91-83(89)112)94-78(105)74(55(2)3)97-77(104)68(96-85(114)130-86(5,6)7)12-9-10-21-90-71(102)20-24-116-26-28-118-30-32-120-34-36-122-38-40-124-42-44-126-46-47-127-45-43-125-41-39-123-37-35-121-33-31-119-29-27-117-25-23-100-51-59(98-99-100)48-61(80(107)108)81(109)110/h14-17,49-51,55,61,66-68,74,115H,8-13,18-48,52-54H2,1-7H3,(H,90,102)(H,92,103)(H,94,105)(H,95,113)(H,96,114)(H,97,104)(H,107,108)(H,109,110)(H3,89,91,112)/t66-,67-,68-,74-,87-/m0/s1. The fourth-order valence-corrected chi connectivity index (χ4v) is 14.2. The van der Waals surface area contributed by atoms with E-state index in [4.69, 9.17) is 92.0 Å². The normalized spacial score (nSPS) is 15.1. The molecule has 130 heavy (non-hydrogen) atoms. The Hall–Kier alpha value is -10.5. The Bertz CT molecular complexity index is 4560. The third-order valence-corrected chi connectivity index (χ3v) is 21.0. The molecule has 3 aliphatic rings. The minimum atomic E-state index is -2.07. The van der Waals surface area contributed by atoms with E-state index in [0.29, 0.717) is 227 Å². The molecule has 0 saturated carbocycles. The number of nitrogens with two attached hydrogens (primary N) is 1. The van der Waals surface area contributed by atoms with Crippen molar-refractivity contribution in [2.24, 2.45) is 17.6 Å². The summed E-state index contributed by atoms with van der Waals surface area (Å²) in [5.41, 5.74) is 6.53. The fraction of sp³-hybridized carbons (Fsp3) is 0.632. The number of primary amides is 1. The van der Waals surface area contributed by atoms with Gasteiger partial charge in [0, 0.05) is 60.4 Å². The smallest absolute Gasteiger partial charge is 0.408 e. The van der Waals surface area contributed by atoms with Gasteiger partial charge in [0.15, 0.2) is 11.5 Å². The molecule has 42 nitrogen and oxygen atoms in total. The van der Waals surface area contributed by atoms with Gasteiger partial charge in [-0.15, -0.1) is 5.10 Å². The predicted octanol–water partition coefficient (Wildman–Crippen LogP) is 3.84. The molecule has 3 aromatic heterocycles. The summed E-state index contributed by atoms with van der Waals surface area (Å²) in [5.74, 6) is -8.71. The number of aliphatic hydroxyl groups is 1. The van der Waals surface area contributed by atoms with E-state index >= 15 is 4.39 Å². The number of hydrogen-bond acceptors (Lipinski definition) is 30. The van der Waals surface area contributed by atoms with Crippen molar-refractivity contribution in [1.29, 1.82) is 0 Å². The molecule has 0 spiro atoms. The molecule has 0 fully saturated rings. The molecule has 720 valence electrons. The molecule has 43 heteroatoms. The zero-order valence-corrected chi connectivity index (χ0v) is 74.9. The van der Waals surface area contributed by atoms with Crippen LogP contribution in [0.15, 0.2) is 47.4 Å². The fourth-order valence-electron chi connectivity index (χ4n) is 14.2. The molecule has 0 radical (unpaired) electrons. The third-order valence-electron chi connectivity index (χ3n) is 21.0. The number of alkyl carbamates (subject to hydrolysis) is 2. The van der Waals surface area contributed by atoms with Crippen molar-refractivity contribution in [3.8, 4) is 11.4 Å². The number of amides is 8. The minimum Gasteiger partial charge on any atom is -0.481 e. The number of rotatable bonds is 64. The second-order valence-corrected chi connectivity index (χ2v) is 32.1. The monoisotopic (exact) mass is 1840 g/mol. The molecule has 2 aromatic carbocycles. The van der Waals surface area contributed by atoms with Crippen molar-refractivity contribution >= 4 is 76.3 Å². The molecule has 0 saturated heterocycles. The summed E-state index contributed by atoms with van der Waals surface area (Å²) in [6.07, 6.45) is 1.35. The second kappa shape index (κ2) is 54.9. The molecule has 0 bridgehead atoms. The maximum Gasteiger partial charge on any atom is 0.408 e. The van der Waals surface area contributed by atoms with Gasteiger partial charge in [-0.25, -0.2) is 33.2 Å². The number of anilines is 1. The van der Waals surface area contributed by atoms with Gasteiger partial charge >= 0.3 is 36.1 Å². The third kappa shape index (κ3) is 34.3. The molecule has 8 amide bonds. The van der Waals surface area contributed by atoms with Crippen LogP contribution in [0.5, 0.6) is 0 Å². The molecular formula is C87H126FN13O29. The number of aromatic nitrogens is 5. The Morgan fingerprint density at radius 3 is 1.71 bits per heavy atom. The number of urea groups is 1. The van der Waals surface area contributed by atoms with Gasteiger partial charge in [-0.1, -0.05) is 38.1 Å². The van der Waals surface area contributed by atoms with Crippen LogP contribution in [0, 0.1) is 24.6 Å². The number of nitrogens with zero attached hydrogens (tertiary/aromatic N) is 5. The van der Waals surface area contributed by atoms with Crippen molar-refractivity contribution in [1.82, 2.24) is 56.4 Å². The maximum absolute atomic E-state index is 15.6. The van der Waals surface area contributed by atoms with Gasteiger partial charge in [0.25, 0.3) is 5.56 Å². The first-order valence-electron chi connectivity index (χ1n) is 43.8. The number of nitrogens with one attached hydrogen (secondary N) is 7. The molecule has 1 aliphatic carbocycles. The first-order valence-corrected chi connectivity index (χ1v) is 43.8. The topological polar surface area (TPSA) is 546 Å². The number of hydrogen-bond donors (Lipinski definition) is 11. The van der Waals surface area contributed by atoms with Gasteiger partial charge in [0.2, 0.25) is 23.6 Å². The number of cyclic esters (lactones) is 1. The lowest BCUT2D eigenvalue weighted by Gasteiger charge is -2.31. The summed E-state index contributed by atoms with van der Waals surface area (Å²) in [5, 5.41) is 57.1. The van der Waals surface area contributed by atoms with Crippen LogP contribution >= 0.6 is 0 Å². The second-order valence-electron chi connectivity index (χ2n) is 32.1. The van der Waals surface area contributed by atoms with Crippen molar-refractivity contribution in [2.45, 2.75) is 174 Å². The van der Waals surface area contributed by atoms with Crippen LogP contribution in [0.2, 0.25) is 0 Å². The number of carbonyl (C=O) groups excluding carboxylic acids is 8. The molecule has 12 N–H and O–H groups in total. The number of carboxylic acid groups (broad SMARTS) is 2. The summed E-state index contributed by atoms with van der Waals surface area (Å²) >= 11 is 0. The number of esters is 1. The zero-order chi connectivity index (χ0) is 94.0. The summed E-state index contributed by atoms with van der Waals surface area (Å²) in [6.45, 7) is 20.6. The molecule has 5 heterocycles. The van der Waals surface area contributed by atoms with E-state index in [2.05, 4.69) is 47.5 Å². The summed E-state index contributed by atoms with van der Waals surface area (Å²) in [4.78, 5) is 148. The number of carbonyl (C=O) groups is 10. The van der Waals surface area contributed by atoms with Gasteiger partial charge in [0.05, 0.1) is 206 Å². The van der Waals surface area contributed by atoms with Crippen LogP contribution in [0.3, 0.4) is 0 Å². The van der Waals surface area contributed by atoms with Crippen LogP contribution in [0.1, 0.15) is 144 Å². The number of aryl methyl sites for hydroxylation is 1. The molecule has 8 rings (SSSR count). The SMILES string of the molecule is CC[C@@]1(O)C(=O)OCc2c1cc1n(c2=O)Cc2c-1nc1cc(F)c(C)c3c1c2[C@@H](NC(=O)OCc1ccc(NC(=O)[C@H](CCCNC(N)=O)NC(=O)[C@@H](NC(=O)[C@H](CCCCNC(=O)CCOCCOCCOCCOCCOCCOCCOCCOCCOCCOCCOCCOCCn2cc(CC(C(=O)O)C(=O)O)nn2)NC(=O)OC(C)(C)C)C(C)C)cc1)CC3. The molecule has 5 atom stereocenters. The van der Waals surface area contributed by atoms with Gasteiger partial charge in [-0.2, -0.15) is 0 Å². The van der Waals surface area contributed by atoms with Crippen LogP contribution in [0.25, 0.3) is 22.3 Å². The average molecular weight is 1840 g/mol. The average Bonchev–Trinajstić information content (AvgIpc) is 1.53. The van der Waals surface area contributed by atoms with E-state index in [1.165, 1.54) is 21.5 Å². The number of carboxylic acids is 2. The molecule has 5 aromatic rings. The number of aliphatic carboxylic acids is 2. The van der Waals surface area contributed by atoms with Gasteiger partial charge < -0.3 is 134 Å². The van der Waals surface area contributed by atoms with Gasteiger partial charge in [-0.3, -0.25) is 33.6 Å². The first kappa shape index (κ1) is 105. The number of pyridine rings is 2. The van der Waals surface area contributed by atoms with Crippen molar-refractivity contribution in [3.63, 3.8) is 0 Å². The number of fused-ring (bicyclic) bond motifs is 5. The van der Waals surface area contributed by atoms with Crippen LogP contribution in [-0.2, 0) is 149 Å². The lowest BCUT2D eigenvalue weighted by atomic mass is 9.81. The summed E-state index contributed by atoms with van der Waals surface area (Å²) in [7, 11) is 0.